The van der Waals surface area contributed by atoms with Gasteiger partial charge in [-0.3, -0.25) is 9.69 Å². The number of nitrogens with zero attached hydrogens (tertiary/aromatic N) is 1. The lowest BCUT2D eigenvalue weighted by Crippen LogP contribution is -2.52. The Morgan fingerprint density at radius 1 is 1.30 bits per heavy atom. The van der Waals surface area contributed by atoms with Gasteiger partial charge in [0.25, 0.3) is 0 Å². The van der Waals surface area contributed by atoms with Crippen LogP contribution >= 0.6 is 0 Å². The van der Waals surface area contributed by atoms with E-state index in [9.17, 15) is 9.90 Å². The van der Waals surface area contributed by atoms with Gasteiger partial charge in [-0.15, -0.1) is 0 Å². The fraction of sp³-hybridized carbons (Fsp3) is 0.562. The first-order valence-corrected chi connectivity index (χ1v) is 7.26. The number of carboxylic acid groups (broad SMARTS) is 1. The number of benzene rings is 1. The van der Waals surface area contributed by atoms with Crippen LogP contribution in [0.4, 0.5) is 0 Å². The zero-order valence-corrected chi connectivity index (χ0v) is 12.3. The molecule has 1 unspecified atom stereocenters. The number of hydrogen-bond acceptors (Lipinski definition) is 3. The Kier molecular flexibility index (Phi) is 4.65. The Balaban J connectivity index is 2.13. The van der Waals surface area contributed by atoms with Gasteiger partial charge >= 0.3 is 5.97 Å². The van der Waals surface area contributed by atoms with Crippen LogP contribution in [0.3, 0.4) is 0 Å². The Hall–Kier alpha value is -1.55. The largest absolute Gasteiger partial charge is 0.494 e. The molecule has 1 aliphatic heterocycles. The minimum absolute atomic E-state index is 0.523. The molecule has 1 fully saturated rings. The van der Waals surface area contributed by atoms with E-state index in [1.165, 1.54) is 0 Å². The second kappa shape index (κ2) is 6.27. The highest BCUT2D eigenvalue weighted by Gasteiger charge is 2.40. The van der Waals surface area contributed by atoms with E-state index < -0.39 is 11.5 Å². The van der Waals surface area contributed by atoms with E-state index in [2.05, 4.69) is 4.90 Å². The van der Waals surface area contributed by atoms with Crippen molar-refractivity contribution >= 4 is 5.97 Å². The van der Waals surface area contributed by atoms with E-state index in [4.69, 9.17) is 4.74 Å². The molecule has 20 heavy (non-hydrogen) atoms. The van der Waals surface area contributed by atoms with E-state index in [1.807, 2.05) is 38.1 Å². The molecule has 1 aromatic rings. The van der Waals surface area contributed by atoms with E-state index >= 15 is 0 Å². The fourth-order valence-electron chi connectivity index (χ4n) is 2.80. The van der Waals surface area contributed by atoms with Crippen molar-refractivity contribution in [2.75, 3.05) is 19.7 Å². The molecule has 0 amide bonds. The van der Waals surface area contributed by atoms with Gasteiger partial charge in [-0.2, -0.15) is 0 Å². The Bertz CT molecular complexity index is 451. The Morgan fingerprint density at radius 2 is 1.90 bits per heavy atom. The first-order valence-electron chi connectivity index (χ1n) is 7.26. The van der Waals surface area contributed by atoms with Gasteiger partial charge in [-0.05, 0) is 57.5 Å². The molecule has 110 valence electrons. The van der Waals surface area contributed by atoms with Crippen LogP contribution in [0.1, 0.15) is 32.3 Å². The summed E-state index contributed by atoms with van der Waals surface area (Å²) in [6, 6.07) is 7.74. The van der Waals surface area contributed by atoms with Crippen LogP contribution in [0.25, 0.3) is 0 Å². The van der Waals surface area contributed by atoms with Gasteiger partial charge in [0.2, 0.25) is 0 Å². The van der Waals surface area contributed by atoms with Gasteiger partial charge in [0.15, 0.2) is 0 Å². The predicted molar refractivity (Wildman–Crippen MR) is 78.2 cm³/mol. The lowest BCUT2D eigenvalue weighted by atomic mass is 9.91. The molecule has 1 heterocycles. The number of ether oxygens (including phenoxy) is 1. The van der Waals surface area contributed by atoms with Gasteiger partial charge in [0, 0.05) is 6.42 Å². The molecule has 4 heteroatoms. The van der Waals surface area contributed by atoms with Crippen molar-refractivity contribution in [3.63, 3.8) is 0 Å². The van der Waals surface area contributed by atoms with Crippen molar-refractivity contribution < 1.29 is 14.6 Å². The number of rotatable bonds is 6. The molecule has 0 spiro atoms. The highest BCUT2D eigenvalue weighted by molar-refractivity contribution is 5.78. The SMILES string of the molecule is CCOc1ccc(CC(C)(C(=O)O)N2CCCC2)cc1. The highest BCUT2D eigenvalue weighted by atomic mass is 16.5. The summed E-state index contributed by atoms with van der Waals surface area (Å²) in [5.74, 6) is 0.0859. The summed E-state index contributed by atoms with van der Waals surface area (Å²) in [6.07, 6.45) is 2.70. The summed E-state index contributed by atoms with van der Waals surface area (Å²) in [6.45, 7) is 6.17. The Morgan fingerprint density at radius 3 is 2.40 bits per heavy atom. The molecule has 4 nitrogen and oxygen atoms in total. The van der Waals surface area contributed by atoms with Crippen LogP contribution < -0.4 is 4.74 Å². The molecule has 1 aromatic carbocycles. The van der Waals surface area contributed by atoms with Crippen molar-refractivity contribution in [1.82, 2.24) is 4.90 Å². The summed E-state index contributed by atoms with van der Waals surface area (Å²) in [5.41, 5.74) is 0.217. The van der Waals surface area contributed by atoms with Crippen LogP contribution in [-0.4, -0.2) is 41.2 Å². The molecule has 2 rings (SSSR count). The van der Waals surface area contributed by atoms with Crippen molar-refractivity contribution in [2.45, 2.75) is 38.6 Å². The molecule has 0 saturated carbocycles. The second-order valence-corrected chi connectivity index (χ2v) is 5.53. The molecule has 0 aliphatic carbocycles. The minimum Gasteiger partial charge on any atom is -0.494 e. The fourth-order valence-corrected chi connectivity index (χ4v) is 2.80. The molecular weight excluding hydrogens is 254 g/mol. The first-order chi connectivity index (χ1) is 9.56. The number of hydrogen-bond donors (Lipinski definition) is 1. The lowest BCUT2D eigenvalue weighted by Gasteiger charge is -2.35. The molecule has 0 radical (unpaired) electrons. The standard InChI is InChI=1S/C16H23NO3/c1-3-20-14-8-6-13(7-9-14)12-16(2,15(18)19)17-10-4-5-11-17/h6-9H,3-5,10-12H2,1-2H3,(H,18,19). The van der Waals surface area contributed by atoms with Gasteiger partial charge in [0.05, 0.1) is 6.61 Å². The number of likely N-dealkylation sites (tertiary alicyclic amines) is 1. The maximum absolute atomic E-state index is 11.7. The molecule has 1 N–H and O–H groups in total. The monoisotopic (exact) mass is 277 g/mol. The second-order valence-electron chi connectivity index (χ2n) is 5.53. The van der Waals surface area contributed by atoms with Crippen molar-refractivity contribution in [3.05, 3.63) is 29.8 Å². The first kappa shape index (κ1) is 14.9. The summed E-state index contributed by atoms with van der Waals surface area (Å²) < 4.78 is 5.41. The van der Waals surface area contributed by atoms with Crippen molar-refractivity contribution in [1.29, 1.82) is 0 Å². The third-order valence-corrected chi connectivity index (χ3v) is 4.05. The van der Waals surface area contributed by atoms with Crippen molar-refractivity contribution in [2.24, 2.45) is 0 Å². The molecular formula is C16H23NO3. The van der Waals surface area contributed by atoms with Crippen LogP contribution in [0.5, 0.6) is 5.75 Å². The van der Waals surface area contributed by atoms with Crippen LogP contribution in [-0.2, 0) is 11.2 Å². The molecule has 1 saturated heterocycles. The predicted octanol–water partition coefficient (Wildman–Crippen LogP) is 2.57. The maximum atomic E-state index is 11.7. The zero-order valence-electron chi connectivity index (χ0n) is 12.3. The quantitative estimate of drug-likeness (QED) is 0.868. The number of aliphatic carboxylic acids is 1. The minimum atomic E-state index is -0.816. The van der Waals surface area contributed by atoms with E-state index in [0.29, 0.717) is 13.0 Å². The molecule has 0 aromatic heterocycles. The summed E-state index contributed by atoms with van der Waals surface area (Å²) in [7, 11) is 0. The van der Waals surface area contributed by atoms with E-state index in [1.54, 1.807) is 0 Å². The third kappa shape index (κ3) is 3.12. The number of carboxylic acids is 1. The summed E-state index contributed by atoms with van der Waals surface area (Å²) >= 11 is 0. The smallest absolute Gasteiger partial charge is 0.324 e. The molecule has 0 bridgehead atoms. The van der Waals surface area contributed by atoms with Crippen molar-refractivity contribution in [3.8, 4) is 5.75 Å². The number of carbonyl (C=O) groups is 1. The van der Waals surface area contributed by atoms with E-state index in [0.717, 1.165) is 37.2 Å². The maximum Gasteiger partial charge on any atom is 0.324 e. The average Bonchev–Trinajstić information content (AvgIpc) is 2.95. The van der Waals surface area contributed by atoms with Gasteiger partial charge < -0.3 is 9.84 Å². The topological polar surface area (TPSA) is 49.8 Å². The lowest BCUT2D eigenvalue weighted by molar-refractivity contribution is -0.149. The third-order valence-electron chi connectivity index (χ3n) is 4.05. The van der Waals surface area contributed by atoms with Crippen LogP contribution in [0.2, 0.25) is 0 Å². The van der Waals surface area contributed by atoms with Gasteiger partial charge in [-0.1, -0.05) is 12.1 Å². The Labute approximate surface area is 120 Å². The average molecular weight is 277 g/mol. The normalized spacial score (nSPS) is 18.7. The highest BCUT2D eigenvalue weighted by Crippen LogP contribution is 2.26. The van der Waals surface area contributed by atoms with Crippen LogP contribution in [0, 0.1) is 0 Å². The molecule has 1 aliphatic rings. The van der Waals surface area contributed by atoms with E-state index in [-0.39, 0.29) is 0 Å². The van der Waals surface area contributed by atoms with Gasteiger partial charge in [-0.25, -0.2) is 0 Å². The summed E-state index contributed by atoms with van der Waals surface area (Å²) in [4.78, 5) is 13.8. The molecule has 1 atom stereocenters. The van der Waals surface area contributed by atoms with Crippen LogP contribution in [0.15, 0.2) is 24.3 Å². The van der Waals surface area contributed by atoms with Gasteiger partial charge in [0.1, 0.15) is 11.3 Å². The zero-order chi connectivity index (χ0) is 14.6. The summed E-state index contributed by atoms with van der Waals surface area (Å²) in [5, 5.41) is 9.63.